The van der Waals surface area contributed by atoms with E-state index >= 15 is 0 Å². The maximum Gasteiger partial charge on any atom is 0.255 e. The average molecular weight is 347 g/mol. The molecule has 0 heterocycles. The number of nitrogens with one attached hydrogen (secondary N) is 1. The molecule has 0 aliphatic carbocycles. The van der Waals surface area contributed by atoms with Crippen molar-refractivity contribution in [1.29, 1.82) is 0 Å². The maximum atomic E-state index is 11.9. The highest BCUT2D eigenvalue weighted by atomic mass is 127. The van der Waals surface area contributed by atoms with Gasteiger partial charge in [-0.2, -0.15) is 0 Å². The normalized spacial score (nSPS) is 10.4. The number of halogens is 1. The minimum Gasteiger partial charge on any atom is -0.490 e. The average Bonchev–Trinajstić information content (AvgIpc) is 2.25. The van der Waals surface area contributed by atoms with E-state index in [0.717, 1.165) is 9.99 Å². The molecule has 4 heteroatoms. The summed E-state index contributed by atoms with van der Waals surface area (Å²) >= 11 is 2.21. The van der Waals surface area contributed by atoms with Crippen LogP contribution in [0.2, 0.25) is 0 Å². The van der Waals surface area contributed by atoms with Gasteiger partial charge in [0.2, 0.25) is 0 Å². The molecule has 17 heavy (non-hydrogen) atoms. The smallest absolute Gasteiger partial charge is 0.255 e. The van der Waals surface area contributed by atoms with Gasteiger partial charge in [-0.05, 0) is 61.1 Å². The molecule has 1 rings (SSSR count). The Hall–Kier alpha value is -0.780. The molecule has 94 valence electrons. The number of hydrogen-bond donors (Lipinski definition) is 1. The Bertz CT molecular complexity index is 391. The quantitative estimate of drug-likeness (QED) is 0.831. The zero-order valence-electron chi connectivity index (χ0n) is 10.4. The molecular weight excluding hydrogens is 329 g/mol. The topological polar surface area (TPSA) is 38.3 Å². The number of carbonyl (C=O) groups excluding carboxylic acids is 1. The Morgan fingerprint density at radius 2 is 2.18 bits per heavy atom. The van der Waals surface area contributed by atoms with Gasteiger partial charge in [-0.3, -0.25) is 4.79 Å². The number of rotatable bonds is 5. The summed E-state index contributed by atoms with van der Waals surface area (Å²) in [6.07, 6.45) is 0.988. The Balaban J connectivity index is 2.92. The Labute approximate surface area is 116 Å². The Morgan fingerprint density at radius 1 is 1.47 bits per heavy atom. The number of amides is 1. The molecule has 0 saturated heterocycles. The summed E-state index contributed by atoms with van der Waals surface area (Å²) in [5.74, 6) is 0.583. The SMILES string of the molecule is CCCNC(=O)c1ccc(I)cc1OC(C)C. The molecule has 0 fully saturated rings. The third kappa shape index (κ3) is 4.53. The monoisotopic (exact) mass is 347 g/mol. The summed E-state index contributed by atoms with van der Waals surface area (Å²) in [6.45, 7) is 6.62. The van der Waals surface area contributed by atoms with Gasteiger partial charge >= 0.3 is 0 Å². The third-order valence-corrected chi connectivity index (χ3v) is 2.76. The highest BCUT2D eigenvalue weighted by Crippen LogP contribution is 2.22. The van der Waals surface area contributed by atoms with Gasteiger partial charge in [-0.1, -0.05) is 6.92 Å². The van der Waals surface area contributed by atoms with Crippen molar-refractivity contribution in [3.05, 3.63) is 27.3 Å². The molecule has 0 aliphatic rings. The standard InChI is InChI=1S/C13H18INO2/c1-4-7-15-13(16)11-6-5-10(14)8-12(11)17-9(2)3/h5-6,8-9H,4,7H2,1-3H3,(H,15,16). The highest BCUT2D eigenvalue weighted by molar-refractivity contribution is 14.1. The van der Waals surface area contributed by atoms with Gasteiger partial charge in [0.25, 0.3) is 5.91 Å². The number of benzene rings is 1. The fraction of sp³-hybridized carbons (Fsp3) is 0.462. The Morgan fingerprint density at radius 3 is 2.76 bits per heavy atom. The van der Waals surface area contributed by atoms with E-state index in [1.54, 1.807) is 0 Å². The largest absolute Gasteiger partial charge is 0.490 e. The molecule has 0 unspecified atom stereocenters. The van der Waals surface area contributed by atoms with E-state index in [0.29, 0.717) is 17.9 Å². The van der Waals surface area contributed by atoms with Crippen molar-refractivity contribution in [3.63, 3.8) is 0 Å². The lowest BCUT2D eigenvalue weighted by molar-refractivity contribution is 0.0948. The van der Waals surface area contributed by atoms with Gasteiger partial charge in [-0.25, -0.2) is 0 Å². The first-order valence-corrected chi connectivity index (χ1v) is 6.87. The van der Waals surface area contributed by atoms with Crippen LogP contribution < -0.4 is 10.1 Å². The van der Waals surface area contributed by atoms with Crippen LogP contribution in [0, 0.1) is 3.57 Å². The molecule has 1 aromatic rings. The lowest BCUT2D eigenvalue weighted by Gasteiger charge is -2.14. The zero-order chi connectivity index (χ0) is 12.8. The molecule has 0 saturated carbocycles. The minimum atomic E-state index is -0.0705. The zero-order valence-corrected chi connectivity index (χ0v) is 12.6. The molecule has 1 amide bonds. The van der Waals surface area contributed by atoms with Gasteiger partial charge in [0.1, 0.15) is 5.75 Å². The van der Waals surface area contributed by atoms with E-state index in [1.807, 2.05) is 39.0 Å². The molecule has 0 spiro atoms. The van der Waals surface area contributed by atoms with E-state index in [-0.39, 0.29) is 12.0 Å². The van der Waals surface area contributed by atoms with Crippen LogP contribution in [0.4, 0.5) is 0 Å². The maximum absolute atomic E-state index is 11.9. The van der Waals surface area contributed by atoms with Crippen molar-refractivity contribution < 1.29 is 9.53 Å². The molecule has 0 radical (unpaired) electrons. The summed E-state index contributed by atoms with van der Waals surface area (Å²) in [5.41, 5.74) is 0.604. The van der Waals surface area contributed by atoms with Crippen LogP contribution in [-0.4, -0.2) is 18.6 Å². The lowest BCUT2D eigenvalue weighted by atomic mass is 10.2. The third-order valence-electron chi connectivity index (χ3n) is 2.09. The van der Waals surface area contributed by atoms with Crippen LogP contribution in [0.3, 0.4) is 0 Å². The summed E-state index contributed by atoms with van der Waals surface area (Å²) in [7, 11) is 0. The van der Waals surface area contributed by atoms with Crippen LogP contribution in [0.5, 0.6) is 5.75 Å². The van der Waals surface area contributed by atoms with Gasteiger partial charge in [0, 0.05) is 10.1 Å². The van der Waals surface area contributed by atoms with Crippen molar-refractivity contribution >= 4 is 28.5 Å². The first kappa shape index (κ1) is 14.3. The molecule has 0 atom stereocenters. The first-order chi connectivity index (χ1) is 8.04. The van der Waals surface area contributed by atoms with Gasteiger partial charge in [0.05, 0.1) is 11.7 Å². The Kier molecular flexibility index (Phi) is 5.74. The second-order valence-corrected chi connectivity index (χ2v) is 5.31. The number of carbonyl (C=O) groups is 1. The van der Waals surface area contributed by atoms with E-state index in [4.69, 9.17) is 4.74 Å². The summed E-state index contributed by atoms with van der Waals surface area (Å²) in [5, 5.41) is 2.86. The van der Waals surface area contributed by atoms with Crippen LogP contribution in [0.25, 0.3) is 0 Å². The van der Waals surface area contributed by atoms with Gasteiger partial charge < -0.3 is 10.1 Å². The van der Waals surface area contributed by atoms with Crippen LogP contribution in [0.1, 0.15) is 37.6 Å². The number of ether oxygens (including phenoxy) is 1. The predicted octanol–water partition coefficient (Wildman–Crippen LogP) is 3.22. The second-order valence-electron chi connectivity index (χ2n) is 4.06. The molecule has 1 aromatic carbocycles. The van der Waals surface area contributed by atoms with E-state index in [9.17, 15) is 4.79 Å². The van der Waals surface area contributed by atoms with Crippen molar-refractivity contribution in [2.75, 3.05) is 6.54 Å². The van der Waals surface area contributed by atoms with Crippen LogP contribution in [-0.2, 0) is 0 Å². The molecule has 3 nitrogen and oxygen atoms in total. The fourth-order valence-electron chi connectivity index (χ4n) is 1.37. The predicted molar refractivity (Wildman–Crippen MR) is 77.5 cm³/mol. The number of hydrogen-bond acceptors (Lipinski definition) is 2. The van der Waals surface area contributed by atoms with E-state index in [1.165, 1.54) is 0 Å². The van der Waals surface area contributed by atoms with Crippen molar-refractivity contribution in [3.8, 4) is 5.75 Å². The van der Waals surface area contributed by atoms with Gasteiger partial charge in [0.15, 0.2) is 0 Å². The van der Waals surface area contributed by atoms with Crippen LogP contribution in [0.15, 0.2) is 18.2 Å². The van der Waals surface area contributed by atoms with Crippen molar-refractivity contribution in [1.82, 2.24) is 5.32 Å². The van der Waals surface area contributed by atoms with Crippen molar-refractivity contribution in [2.45, 2.75) is 33.3 Å². The summed E-state index contributed by atoms with van der Waals surface area (Å²) in [4.78, 5) is 11.9. The minimum absolute atomic E-state index is 0.0610. The first-order valence-electron chi connectivity index (χ1n) is 5.79. The molecular formula is C13H18INO2. The highest BCUT2D eigenvalue weighted by Gasteiger charge is 2.13. The second kappa shape index (κ2) is 6.83. The van der Waals surface area contributed by atoms with Gasteiger partial charge in [-0.15, -0.1) is 0 Å². The lowest BCUT2D eigenvalue weighted by Crippen LogP contribution is -2.25. The van der Waals surface area contributed by atoms with Crippen LogP contribution >= 0.6 is 22.6 Å². The molecule has 0 bridgehead atoms. The molecule has 0 aromatic heterocycles. The van der Waals surface area contributed by atoms with E-state index in [2.05, 4.69) is 27.9 Å². The molecule has 0 aliphatic heterocycles. The summed E-state index contributed by atoms with van der Waals surface area (Å²) in [6, 6.07) is 5.61. The van der Waals surface area contributed by atoms with E-state index < -0.39 is 0 Å². The summed E-state index contributed by atoms with van der Waals surface area (Å²) < 4.78 is 6.72. The molecule has 1 N–H and O–H groups in total. The van der Waals surface area contributed by atoms with Crippen molar-refractivity contribution in [2.24, 2.45) is 0 Å². The fourth-order valence-corrected chi connectivity index (χ4v) is 1.83.